The van der Waals surface area contributed by atoms with Gasteiger partial charge < -0.3 is 26.3 Å². The van der Waals surface area contributed by atoms with E-state index in [1.807, 2.05) is 0 Å². The zero-order valence-corrected chi connectivity index (χ0v) is 18.7. The SMILES string of the molecule is COc1ccc(F)cc1C(=O)NCc1ccc(C2NN(C3COCC3(F)F)C(N)=C2C(N)=O)cc1. The molecule has 0 aromatic heterocycles. The number of rotatable bonds is 7. The van der Waals surface area contributed by atoms with E-state index in [1.54, 1.807) is 24.3 Å². The average Bonchev–Trinajstić information content (AvgIpc) is 3.35. The van der Waals surface area contributed by atoms with Crippen LogP contribution in [0, 0.1) is 5.82 Å². The van der Waals surface area contributed by atoms with Crippen LogP contribution in [-0.4, -0.2) is 49.1 Å². The molecule has 0 saturated carbocycles. The fourth-order valence-corrected chi connectivity index (χ4v) is 4.07. The third-order valence-corrected chi connectivity index (χ3v) is 5.90. The lowest BCUT2D eigenvalue weighted by Crippen LogP contribution is -2.52. The molecule has 9 nitrogen and oxygen atoms in total. The first kappa shape index (κ1) is 24.4. The van der Waals surface area contributed by atoms with Gasteiger partial charge in [0.2, 0.25) is 5.91 Å². The summed E-state index contributed by atoms with van der Waals surface area (Å²) in [6.07, 6.45) is 0. The number of ether oxygens (including phenoxy) is 2. The summed E-state index contributed by atoms with van der Waals surface area (Å²) in [4.78, 5) is 24.6. The molecule has 2 aliphatic heterocycles. The summed E-state index contributed by atoms with van der Waals surface area (Å²) in [6.45, 7) is -0.898. The van der Waals surface area contributed by atoms with Crippen LogP contribution in [0.15, 0.2) is 53.9 Å². The van der Waals surface area contributed by atoms with E-state index in [-0.39, 0.29) is 35.9 Å². The monoisotopic (exact) mass is 491 g/mol. The van der Waals surface area contributed by atoms with E-state index >= 15 is 0 Å². The minimum atomic E-state index is -3.16. The molecule has 0 spiro atoms. The Balaban J connectivity index is 1.48. The van der Waals surface area contributed by atoms with Crippen LogP contribution in [0.25, 0.3) is 0 Å². The van der Waals surface area contributed by atoms with Crippen LogP contribution in [-0.2, 0) is 16.1 Å². The van der Waals surface area contributed by atoms with Crippen LogP contribution >= 0.6 is 0 Å². The molecule has 2 aromatic carbocycles. The molecule has 2 aliphatic rings. The second-order valence-electron chi connectivity index (χ2n) is 8.16. The van der Waals surface area contributed by atoms with Crippen LogP contribution < -0.4 is 26.9 Å². The summed E-state index contributed by atoms with van der Waals surface area (Å²) < 4.78 is 52.0. The number of benzene rings is 2. The second kappa shape index (κ2) is 9.47. The molecule has 2 heterocycles. The molecule has 186 valence electrons. The van der Waals surface area contributed by atoms with Crippen molar-refractivity contribution in [1.29, 1.82) is 0 Å². The maximum absolute atomic E-state index is 14.2. The maximum Gasteiger partial charge on any atom is 0.294 e. The Morgan fingerprint density at radius 3 is 2.57 bits per heavy atom. The van der Waals surface area contributed by atoms with Gasteiger partial charge in [-0.05, 0) is 29.3 Å². The maximum atomic E-state index is 14.2. The Hall–Kier alpha value is -3.77. The van der Waals surface area contributed by atoms with E-state index in [0.717, 1.165) is 11.1 Å². The van der Waals surface area contributed by atoms with Crippen LogP contribution in [0.2, 0.25) is 0 Å². The summed E-state index contributed by atoms with van der Waals surface area (Å²) in [5.41, 5.74) is 15.6. The number of methoxy groups -OCH3 is 1. The molecule has 35 heavy (non-hydrogen) atoms. The van der Waals surface area contributed by atoms with E-state index in [2.05, 4.69) is 10.7 Å². The van der Waals surface area contributed by atoms with Crippen molar-refractivity contribution in [3.63, 3.8) is 0 Å². The standard InChI is InChI=1S/C23H24F3N5O4/c1-34-16-7-6-14(24)8-15(16)22(33)29-9-12-2-4-13(5-3-12)19-18(21(28)32)20(27)31(30-19)17-10-35-11-23(17,25)26/h2-8,17,19,30H,9-11,27H2,1H3,(H2,28,32)(H,29,33). The number of hydrazine groups is 1. The molecule has 2 amide bonds. The summed E-state index contributed by atoms with van der Waals surface area (Å²) >= 11 is 0. The van der Waals surface area contributed by atoms with E-state index < -0.39 is 42.2 Å². The molecule has 4 rings (SSSR count). The van der Waals surface area contributed by atoms with Gasteiger partial charge in [-0.1, -0.05) is 24.3 Å². The van der Waals surface area contributed by atoms with Crippen molar-refractivity contribution in [2.45, 2.75) is 24.6 Å². The number of alkyl halides is 2. The van der Waals surface area contributed by atoms with Gasteiger partial charge in [-0.2, -0.15) is 0 Å². The quantitative estimate of drug-likeness (QED) is 0.459. The Bertz CT molecular complexity index is 1170. The second-order valence-corrected chi connectivity index (χ2v) is 8.16. The van der Waals surface area contributed by atoms with E-state index in [1.165, 1.54) is 19.2 Å². The molecule has 2 aromatic rings. The van der Waals surface area contributed by atoms with Crippen LogP contribution in [0.1, 0.15) is 27.5 Å². The predicted molar refractivity (Wildman–Crippen MR) is 118 cm³/mol. The Kier molecular flexibility index (Phi) is 6.59. The Morgan fingerprint density at radius 2 is 1.97 bits per heavy atom. The fourth-order valence-electron chi connectivity index (χ4n) is 4.07. The first-order chi connectivity index (χ1) is 16.6. The van der Waals surface area contributed by atoms with Gasteiger partial charge in [-0.15, -0.1) is 0 Å². The van der Waals surface area contributed by atoms with Crippen molar-refractivity contribution in [2.75, 3.05) is 20.3 Å². The van der Waals surface area contributed by atoms with Gasteiger partial charge >= 0.3 is 0 Å². The van der Waals surface area contributed by atoms with Crippen molar-refractivity contribution in [3.8, 4) is 5.75 Å². The molecule has 1 fully saturated rings. The Labute approximate surface area is 198 Å². The summed E-state index contributed by atoms with van der Waals surface area (Å²) in [5, 5.41) is 3.72. The highest BCUT2D eigenvalue weighted by molar-refractivity contribution is 5.97. The topological polar surface area (TPSA) is 132 Å². The zero-order valence-electron chi connectivity index (χ0n) is 18.7. The van der Waals surface area contributed by atoms with Crippen molar-refractivity contribution in [1.82, 2.24) is 15.8 Å². The lowest BCUT2D eigenvalue weighted by molar-refractivity contribution is -0.114. The minimum Gasteiger partial charge on any atom is -0.496 e. The van der Waals surface area contributed by atoms with Crippen LogP contribution in [0.4, 0.5) is 13.2 Å². The normalized spacial score (nSPS) is 21.3. The number of primary amides is 1. The van der Waals surface area contributed by atoms with Crippen molar-refractivity contribution >= 4 is 11.8 Å². The molecule has 0 aliphatic carbocycles. The summed E-state index contributed by atoms with van der Waals surface area (Å²) in [6, 6.07) is 8.08. The number of nitrogens with one attached hydrogen (secondary N) is 2. The minimum absolute atomic E-state index is 0.0352. The molecule has 6 N–H and O–H groups in total. The van der Waals surface area contributed by atoms with Gasteiger partial charge in [0.05, 0.1) is 30.9 Å². The smallest absolute Gasteiger partial charge is 0.294 e. The highest BCUT2D eigenvalue weighted by atomic mass is 19.3. The van der Waals surface area contributed by atoms with E-state index in [4.69, 9.17) is 20.9 Å². The zero-order chi connectivity index (χ0) is 25.3. The lowest BCUT2D eigenvalue weighted by Gasteiger charge is -2.30. The third kappa shape index (κ3) is 4.75. The van der Waals surface area contributed by atoms with E-state index in [0.29, 0.717) is 11.1 Å². The predicted octanol–water partition coefficient (Wildman–Crippen LogP) is 1.32. The number of carbonyl (C=O) groups excluding carboxylic acids is 2. The first-order valence-electron chi connectivity index (χ1n) is 10.6. The van der Waals surface area contributed by atoms with Crippen LogP contribution in [0.5, 0.6) is 5.75 Å². The third-order valence-electron chi connectivity index (χ3n) is 5.90. The van der Waals surface area contributed by atoms with Crippen molar-refractivity contribution in [2.24, 2.45) is 11.5 Å². The highest BCUT2D eigenvalue weighted by Crippen LogP contribution is 2.37. The molecule has 2 unspecified atom stereocenters. The van der Waals surface area contributed by atoms with E-state index in [9.17, 15) is 22.8 Å². The lowest BCUT2D eigenvalue weighted by atomic mass is 9.98. The summed E-state index contributed by atoms with van der Waals surface area (Å²) in [5.74, 6) is -5.05. The number of amides is 2. The number of nitrogens with zero attached hydrogens (tertiary/aromatic N) is 1. The molecule has 0 bridgehead atoms. The molecular formula is C23H24F3N5O4. The average molecular weight is 491 g/mol. The van der Waals surface area contributed by atoms with Crippen LogP contribution in [0.3, 0.4) is 0 Å². The van der Waals surface area contributed by atoms with Gasteiger partial charge in [0.15, 0.2) is 0 Å². The molecule has 12 heteroatoms. The van der Waals surface area contributed by atoms with Gasteiger partial charge in [-0.25, -0.2) is 18.6 Å². The van der Waals surface area contributed by atoms with Gasteiger partial charge in [0, 0.05) is 6.54 Å². The largest absolute Gasteiger partial charge is 0.496 e. The van der Waals surface area contributed by atoms with Gasteiger partial charge in [0.25, 0.3) is 11.8 Å². The molecule has 0 radical (unpaired) electrons. The summed E-state index contributed by atoms with van der Waals surface area (Å²) in [7, 11) is 1.38. The van der Waals surface area contributed by atoms with Gasteiger partial charge in [0.1, 0.15) is 30.0 Å². The number of halogens is 3. The van der Waals surface area contributed by atoms with Crippen molar-refractivity contribution in [3.05, 3.63) is 76.4 Å². The number of hydrogen-bond acceptors (Lipinski definition) is 7. The number of hydrogen-bond donors (Lipinski definition) is 4. The number of nitrogens with two attached hydrogens (primary N) is 2. The van der Waals surface area contributed by atoms with Gasteiger partial charge in [-0.3, -0.25) is 14.6 Å². The highest BCUT2D eigenvalue weighted by Gasteiger charge is 2.52. The molecule has 2 atom stereocenters. The van der Waals surface area contributed by atoms with Crippen molar-refractivity contribution < 1.29 is 32.2 Å². The molecule has 1 saturated heterocycles. The molecular weight excluding hydrogens is 467 g/mol. The first-order valence-corrected chi connectivity index (χ1v) is 10.6. The fraction of sp³-hybridized carbons (Fsp3) is 0.304. The Morgan fingerprint density at radius 1 is 1.26 bits per heavy atom. The number of carbonyl (C=O) groups is 2.